The lowest BCUT2D eigenvalue weighted by Crippen LogP contribution is -2.56. The van der Waals surface area contributed by atoms with E-state index in [1.54, 1.807) is 7.11 Å². The number of ether oxygens (including phenoxy) is 1. The highest BCUT2D eigenvalue weighted by molar-refractivity contribution is 5.97. The van der Waals surface area contributed by atoms with Crippen molar-refractivity contribution in [3.8, 4) is 0 Å². The Bertz CT molecular complexity index is 803. The molecule has 5 rings (SSSR count). The van der Waals surface area contributed by atoms with Crippen molar-refractivity contribution in [1.82, 2.24) is 4.90 Å². The minimum absolute atomic E-state index is 0.0849. The van der Waals surface area contributed by atoms with Crippen LogP contribution in [0, 0.1) is 17.8 Å². The first-order valence-corrected chi connectivity index (χ1v) is 10.2. The number of aliphatic imine (C=N–C) groups is 1. The number of aliphatic hydroxyl groups excluding tert-OH is 1. The van der Waals surface area contributed by atoms with Crippen LogP contribution in [0.1, 0.15) is 38.2 Å². The van der Waals surface area contributed by atoms with Crippen molar-refractivity contribution in [2.24, 2.45) is 22.7 Å². The standard InChI is InChI=1S/C21H28N2O2.CO2/c1-13-15-11-19-21(9-10-23(19)12-14(15)7-8-18(13)24)16-5-3-4-6-17(16)22-20(21)25-2;2-1-3/h3-6,13-15,18-19,24H,7-12H2,1-2H3;/t13-,14+,15-,18+,19+,21+;/m1./s1. The number of benzene rings is 1. The van der Waals surface area contributed by atoms with E-state index in [0.717, 1.165) is 43.3 Å². The average Bonchev–Trinajstić information content (AvgIpc) is 3.24. The summed E-state index contributed by atoms with van der Waals surface area (Å²) in [5.41, 5.74) is 2.35. The maximum absolute atomic E-state index is 10.4. The van der Waals surface area contributed by atoms with Gasteiger partial charge in [0.1, 0.15) is 0 Å². The average molecular weight is 384 g/mol. The first-order valence-electron chi connectivity index (χ1n) is 10.2. The molecule has 0 radical (unpaired) electrons. The van der Waals surface area contributed by atoms with Crippen molar-refractivity contribution >= 4 is 17.7 Å². The molecule has 3 aliphatic heterocycles. The van der Waals surface area contributed by atoms with E-state index in [1.165, 1.54) is 18.5 Å². The van der Waals surface area contributed by atoms with Crippen molar-refractivity contribution in [1.29, 1.82) is 0 Å². The van der Waals surface area contributed by atoms with Crippen LogP contribution in [0.25, 0.3) is 0 Å². The van der Waals surface area contributed by atoms with Gasteiger partial charge in [0.2, 0.25) is 5.90 Å². The van der Waals surface area contributed by atoms with Crippen LogP contribution in [-0.2, 0) is 19.7 Å². The van der Waals surface area contributed by atoms with E-state index in [9.17, 15) is 5.11 Å². The molecule has 3 fully saturated rings. The molecule has 1 aliphatic carbocycles. The summed E-state index contributed by atoms with van der Waals surface area (Å²) in [7, 11) is 1.77. The molecule has 0 unspecified atom stereocenters. The van der Waals surface area contributed by atoms with Crippen molar-refractivity contribution < 1.29 is 19.4 Å². The Morgan fingerprint density at radius 1 is 1.29 bits per heavy atom. The fourth-order valence-corrected chi connectivity index (χ4v) is 6.36. The molecule has 6 atom stereocenters. The van der Waals surface area contributed by atoms with Gasteiger partial charge in [-0.2, -0.15) is 9.59 Å². The predicted molar refractivity (Wildman–Crippen MR) is 103 cm³/mol. The van der Waals surface area contributed by atoms with Crippen LogP contribution in [0.5, 0.6) is 0 Å². The Hall–Kier alpha value is -2.01. The summed E-state index contributed by atoms with van der Waals surface area (Å²) in [6.45, 7) is 4.56. The van der Waals surface area contributed by atoms with E-state index in [0.29, 0.717) is 17.9 Å². The molecular weight excluding hydrogens is 356 g/mol. The lowest BCUT2D eigenvalue weighted by molar-refractivity contribution is -0.191. The largest absolute Gasteiger partial charge is 0.483 e. The summed E-state index contributed by atoms with van der Waals surface area (Å²) in [5.74, 6) is 2.66. The lowest BCUT2D eigenvalue weighted by atomic mass is 9.62. The molecule has 4 aliphatic rings. The van der Waals surface area contributed by atoms with Gasteiger partial charge in [0, 0.05) is 12.6 Å². The van der Waals surface area contributed by atoms with Gasteiger partial charge in [0.05, 0.1) is 24.3 Å². The Morgan fingerprint density at radius 2 is 2.04 bits per heavy atom. The van der Waals surface area contributed by atoms with Gasteiger partial charge >= 0.3 is 6.15 Å². The van der Waals surface area contributed by atoms with E-state index in [2.05, 4.69) is 36.1 Å². The molecule has 0 amide bonds. The molecule has 1 aromatic rings. The summed E-state index contributed by atoms with van der Waals surface area (Å²) in [6.07, 6.45) is 4.52. The van der Waals surface area contributed by atoms with Crippen molar-refractivity contribution in [2.45, 2.75) is 50.2 Å². The van der Waals surface area contributed by atoms with Gasteiger partial charge in [-0.1, -0.05) is 25.1 Å². The number of hydrogen-bond acceptors (Lipinski definition) is 6. The number of hydrogen-bond donors (Lipinski definition) is 1. The summed E-state index contributed by atoms with van der Waals surface area (Å²) >= 11 is 0. The number of para-hydroxylation sites is 1. The highest BCUT2D eigenvalue weighted by Crippen LogP contribution is 2.55. The molecule has 28 heavy (non-hydrogen) atoms. The number of rotatable bonds is 0. The third-order valence-corrected chi connectivity index (χ3v) is 7.67. The van der Waals surface area contributed by atoms with E-state index in [4.69, 9.17) is 19.3 Å². The topological polar surface area (TPSA) is 79.2 Å². The Kier molecular flexibility index (Phi) is 5.13. The molecule has 150 valence electrons. The third-order valence-electron chi connectivity index (χ3n) is 7.67. The number of carbonyl (C=O) groups excluding carboxylic acids is 2. The fraction of sp³-hybridized carbons (Fsp3) is 0.636. The highest BCUT2D eigenvalue weighted by Gasteiger charge is 2.59. The zero-order valence-corrected chi connectivity index (χ0v) is 16.5. The molecule has 1 N–H and O–H groups in total. The molecule has 1 saturated carbocycles. The van der Waals surface area contributed by atoms with E-state index < -0.39 is 0 Å². The number of piperidine rings is 1. The van der Waals surface area contributed by atoms with Crippen LogP contribution in [0.4, 0.5) is 5.69 Å². The second-order valence-electron chi connectivity index (χ2n) is 8.62. The molecule has 1 spiro atoms. The number of methoxy groups -OCH3 is 1. The van der Waals surface area contributed by atoms with Crippen LogP contribution < -0.4 is 0 Å². The minimum Gasteiger partial charge on any atom is -0.483 e. The molecule has 6 heteroatoms. The molecule has 0 bridgehead atoms. The van der Waals surface area contributed by atoms with Crippen LogP contribution in [0.2, 0.25) is 0 Å². The molecule has 3 heterocycles. The summed E-state index contributed by atoms with van der Waals surface area (Å²) in [4.78, 5) is 23.8. The second-order valence-corrected chi connectivity index (χ2v) is 8.62. The zero-order chi connectivity index (χ0) is 19.9. The molecular formula is C22H28N2O4. The monoisotopic (exact) mass is 384 g/mol. The smallest absolute Gasteiger partial charge is 0.373 e. The van der Waals surface area contributed by atoms with Gasteiger partial charge in [0.15, 0.2) is 0 Å². The molecule has 2 saturated heterocycles. The third kappa shape index (κ3) is 2.74. The normalized spacial score (nSPS) is 38.4. The van der Waals surface area contributed by atoms with Gasteiger partial charge in [-0.15, -0.1) is 0 Å². The van der Waals surface area contributed by atoms with Gasteiger partial charge in [-0.05, 0) is 61.6 Å². The van der Waals surface area contributed by atoms with Gasteiger partial charge in [-0.25, -0.2) is 4.99 Å². The maximum atomic E-state index is 10.4. The quantitative estimate of drug-likeness (QED) is 0.744. The van der Waals surface area contributed by atoms with E-state index in [-0.39, 0.29) is 17.7 Å². The van der Waals surface area contributed by atoms with Crippen LogP contribution in [0.3, 0.4) is 0 Å². The molecule has 1 aromatic carbocycles. The second kappa shape index (κ2) is 7.43. The number of fused-ring (bicyclic) bond motifs is 5. The predicted octanol–water partition coefficient (Wildman–Crippen LogP) is 2.53. The van der Waals surface area contributed by atoms with Gasteiger partial charge in [-0.3, -0.25) is 4.90 Å². The lowest BCUT2D eigenvalue weighted by Gasteiger charge is -2.50. The van der Waals surface area contributed by atoms with Gasteiger partial charge in [0.25, 0.3) is 0 Å². The maximum Gasteiger partial charge on any atom is 0.373 e. The molecule has 0 aromatic heterocycles. The van der Waals surface area contributed by atoms with Crippen molar-refractivity contribution in [3.63, 3.8) is 0 Å². The summed E-state index contributed by atoms with van der Waals surface area (Å²) < 4.78 is 5.84. The van der Waals surface area contributed by atoms with Crippen LogP contribution in [0.15, 0.2) is 29.3 Å². The minimum atomic E-state index is -0.128. The van der Waals surface area contributed by atoms with Crippen molar-refractivity contribution in [3.05, 3.63) is 29.8 Å². The summed E-state index contributed by atoms with van der Waals surface area (Å²) in [5, 5.41) is 10.4. The number of nitrogens with zero attached hydrogens (tertiary/aromatic N) is 2. The fourth-order valence-electron chi connectivity index (χ4n) is 6.36. The Labute approximate surface area is 165 Å². The SMILES string of the molecule is COC1=Nc2ccccc2[C@]12CCN1C[C@@H]3CC[C@H](O)[C@H](C)[C@H]3C[C@H]12.O=C=O. The summed E-state index contributed by atoms with van der Waals surface area (Å²) in [6, 6.07) is 9.02. The Balaban J connectivity index is 0.000000604. The van der Waals surface area contributed by atoms with Crippen molar-refractivity contribution in [2.75, 3.05) is 20.2 Å². The molecule has 6 nitrogen and oxygen atoms in total. The number of aliphatic hydroxyl groups is 1. The first-order chi connectivity index (χ1) is 13.6. The van der Waals surface area contributed by atoms with E-state index in [1.807, 2.05) is 0 Å². The zero-order valence-electron chi connectivity index (χ0n) is 16.5. The highest BCUT2D eigenvalue weighted by atomic mass is 16.5. The first kappa shape index (κ1) is 19.3. The van der Waals surface area contributed by atoms with Crippen LogP contribution in [-0.4, -0.2) is 54.4 Å². The Morgan fingerprint density at radius 3 is 2.79 bits per heavy atom. The van der Waals surface area contributed by atoms with Crippen LogP contribution >= 0.6 is 0 Å². The van der Waals surface area contributed by atoms with Gasteiger partial charge < -0.3 is 9.84 Å². The van der Waals surface area contributed by atoms with E-state index >= 15 is 0 Å².